The van der Waals surface area contributed by atoms with E-state index >= 15 is 0 Å². The number of hydrogen-bond acceptors (Lipinski definition) is 6. The van der Waals surface area contributed by atoms with E-state index in [0.29, 0.717) is 42.0 Å². The SMILES string of the molecule is Cn1c(C2CC2)nn(CN(Cc2nnc(-c3ccc(Cl)cc3)o2)C2CC2)c1=S. The lowest BCUT2D eigenvalue weighted by atomic mass is 10.2. The molecule has 1 aromatic carbocycles. The molecule has 0 aliphatic heterocycles. The predicted octanol–water partition coefficient (Wildman–Crippen LogP) is 4.15. The molecule has 0 saturated heterocycles. The van der Waals surface area contributed by atoms with Crippen LogP contribution in [0, 0.1) is 4.77 Å². The minimum atomic E-state index is 0.507. The van der Waals surface area contributed by atoms with Gasteiger partial charge < -0.3 is 8.98 Å². The number of halogens is 1. The first kappa shape index (κ1) is 18.0. The molecule has 0 atom stereocenters. The Kier molecular flexibility index (Phi) is 4.57. The summed E-state index contributed by atoms with van der Waals surface area (Å²) in [6.07, 6.45) is 4.77. The Bertz CT molecular complexity index is 1050. The molecule has 0 bridgehead atoms. The van der Waals surface area contributed by atoms with Gasteiger partial charge in [-0.25, -0.2) is 4.68 Å². The van der Waals surface area contributed by atoms with E-state index in [4.69, 9.17) is 33.3 Å². The summed E-state index contributed by atoms with van der Waals surface area (Å²) in [5.74, 6) is 2.78. The number of aromatic nitrogens is 5. The van der Waals surface area contributed by atoms with Crippen LogP contribution in [0.1, 0.15) is 43.3 Å². The molecule has 2 fully saturated rings. The maximum atomic E-state index is 5.95. The smallest absolute Gasteiger partial charge is 0.247 e. The lowest BCUT2D eigenvalue weighted by Gasteiger charge is -2.19. The van der Waals surface area contributed by atoms with Gasteiger partial charge in [0, 0.05) is 29.6 Å². The highest BCUT2D eigenvalue weighted by Gasteiger charge is 2.33. The Morgan fingerprint density at radius 3 is 2.61 bits per heavy atom. The summed E-state index contributed by atoms with van der Waals surface area (Å²) >= 11 is 11.6. The van der Waals surface area contributed by atoms with Crippen molar-refractivity contribution in [2.75, 3.05) is 0 Å². The fraction of sp³-hybridized carbons (Fsp3) is 0.474. The Hall–Kier alpha value is -2.03. The van der Waals surface area contributed by atoms with Crippen molar-refractivity contribution in [3.8, 4) is 11.5 Å². The highest BCUT2D eigenvalue weighted by atomic mass is 35.5. The summed E-state index contributed by atoms with van der Waals surface area (Å²) in [5, 5.41) is 13.9. The van der Waals surface area contributed by atoms with Crippen molar-refractivity contribution in [3.05, 3.63) is 45.8 Å². The van der Waals surface area contributed by atoms with Crippen LogP contribution >= 0.6 is 23.8 Å². The van der Waals surface area contributed by atoms with E-state index < -0.39 is 0 Å². The Morgan fingerprint density at radius 1 is 1.18 bits per heavy atom. The van der Waals surface area contributed by atoms with E-state index in [2.05, 4.69) is 15.1 Å². The third kappa shape index (κ3) is 3.64. The summed E-state index contributed by atoms with van der Waals surface area (Å²) in [4.78, 5) is 2.32. The molecule has 7 nitrogen and oxygen atoms in total. The van der Waals surface area contributed by atoms with Crippen molar-refractivity contribution in [1.82, 2.24) is 29.4 Å². The second-order valence-corrected chi connectivity index (χ2v) is 8.40. The molecule has 9 heteroatoms. The summed E-state index contributed by atoms with van der Waals surface area (Å²) in [6, 6.07) is 7.91. The molecule has 0 unspecified atom stereocenters. The molecule has 5 rings (SSSR count). The highest BCUT2D eigenvalue weighted by Crippen LogP contribution is 2.39. The second-order valence-electron chi connectivity index (χ2n) is 7.60. The molecule has 2 heterocycles. The number of hydrogen-bond donors (Lipinski definition) is 0. The first-order valence-electron chi connectivity index (χ1n) is 9.54. The van der Waals surface area contributed by atoms with Gasteiger partial charge in [0.1, 0.15) is 5.82 Å². The van der Waals surface area contributed by atoms with Crippen LogP contribution in [0.15, 0.2) is 28.7 Å². The van der Waals surface area contributed by atoms with Crippen LogP contribution in [0.4, 0.5) is 0 Å². The zero-order valence-corrected chi connectivity index (χ0v) is 17.2. The van der Waals surface area contributed by atoms with Gasteiger partial charge >= 0.3 is 0 Å². The molecule has 0 amide bonds. The average molecular weight is 417 g/mol. The van der Waals surface area contributed by atoms with Crippen LogP contribution < -0.4 is 0 Å². The number of nitrogens with zero attached hydrogens (tertiary/aromatic N) is 6. The summed E-state index contributed by atoms with van der Waals surface area (Å²) in [6.45, 7) is 1.23. The normalized spacial score (nSPS) is 16.8. The first-order chi connectivity index (χ1) is 13.6. The standard InChI is InChI=1S/C19H21ClN6OS/c1-24-17(12-2-3-12)23-26(19(24)28)11-25(15-8-9-15)10-16-21-22-18(27-16)13-4-6-14(20)7-5-13/h4-7,12,15H,2-3,8-11H2,1H3. The third-order valence-electron chi connectivity index (χ3n) is 5.29. The van der Waals surface area contributed by atoms with E-state index in [-0.39, 0.29) is 0 Å². The minimum absolute atomic E-state index is 0.507. The average Bonchev–Trinajstić information content (AvgIpc) is 3.62. The van der Waals surface area contributed by atoms with Gasteiger partial charge in [-0.1, -0.05) is 11.6 Å². The van der Waals surface area contributed by atoms with Gasteiger partial charge in [0.15, 0.2) is 4.77 Å². The van der Waals surface area contributed by atoms with Crippen LogP contribution in [0.3, 0.4) is 0 Å². The van der Waals surface area contributed by atoms with Crippen molar-refractivity contribution in [2.24, 2.45) is 7.05 Å². The molecule has 2 aliphatic rings. The van der Waals surface area contributed by atoms with Gasteiger partial charge in [-0.3, -0.25) is 4.90 Å². The van der Waals surface area contributed by atoms with Crippen molar-refractivity contribution >= 4 is 23.8 Å². The van der Waals surface area contributed by atoms with Crippen LogP contribution in [0.25, 0.3) is 11.5 Å². The minimum Gasteiger partial charge on any atom is -0.419 e. The molecular formula is C19H21ClN6OS. The Balaban J connectivity index is 1.34. The van der Waals surface area contributed by atoms with Gasteiger partial charge in [-0.2, -0.15) is 5.10 Å². The van der Waals surface area contributed by atoms with Gasteiger partial charge in [-0.05, 0) is 62.2 Å². The molecule has 2 aliphatic carbocycles. The molecule has 2 saturated carbocycles. The van der Waals surface area contributed by atoms with Gasteiger partial charge in [0.25, 0.3) is 0 Å². The number of rotatable bonds is 7. The van der Waals surface area contributed by atoms with E-state index in [0.717, 1.165) is 16.2 Å². The predicted molar refractivity (Wildman–Crippen MR) is 107 cm³/mol. The molecule has 28 heavy (non-hydrogen) atoms. The molecular weight excluding hydrogens is 396 g/mol. The third-order valence-corrected chi connectivity index (χ3v) is 6.03. The van der Waals surface area contributed by atoms with Crippen molar-refractivity contribution in [1.29, 1.82) is 0 Å². The van der Waals surface area contributed by atoms with E-state index in [1.165, 1.54) is 25.7 Å². The van der Waals surface area contributed by atoms with Crippen LogP contribution in [0.2, 0.25) is 5.02 Å². The van der Waals surface area contributed by atoms with Crippen molar-refractivity contribution in [3.63, 3.8) is 0 Å². The zero-order valence-electron chi connectivity index (χ0n) is 15.6. The summed E-state index contributed by atoms with van der Waals surface area (Å²) in [7, 11) is 2.01. The summed E-state index contributed by atoms with van der Waals surface area (Å²) < 4.78 is 10.6. The number of benzene rings is 1. The maximum Gasteiger partial charge on any atom is 0.247 e. The topological polar surface area (TPSA) is 64.9 Å². The van der Waals surface area contributed by atoms with E-state index in [1.54, 1.807) is 0 Å². The van der Waals surface area contributed by atoms with E-state index in [1.807, 2.05) is 40.6 Å². The molecule has 0 N–H and O–H groups in total. The molecule has 2 aromatic heterocycles. The lowest BCUT2D eigenvalue weighted by Crippen LogP contribution is -2.29. The lowest BCUT2D eigenvalue weighted by molar-refractivity contribution is 0.169. The van der Waals surface area contributed by atoms with Crippen LogP contribution in [-0.4, -0.2) is 35.5 Å². The Morgan fingerprint density at radius 2 is 1.93 bits per heavy atom. The fourth-order valence-electron chi connectivity index (χ4n) is 3.40. The molecule has 146 valence electrons. The summed E-state index contributed by atoms with van der Waals surface area (Å²) in [5.41, 5.74) is 0.863. The van der Waals surface area contributed by atoms with Gasteiger partial charge in [-0.15, -0.1) is 10.2 Å². The van der Waals surface area contributed by atoms with E-state index in [9.17, 15) is 0 Å². The Labute approximate surface area is 172 Å². The maximum absolute atomic E-state index is 5.95. The molecule has 3 aromatic rings. The second kappa shape index (κ2) is 7.09. The monoisotopic (exact) mass is 416 g/mol. The highest BCUT2D eigenvalue weighted by molar-refractivity contribution is 7.71. The first-order valence-corrected chi connectivity index (χ1v) is 10.3. The molecule has 0 radical (unpaired) electrons. The zero-order chi connectivity index (χ0) is 19.3. The molecule has 0 spiro atoms. The van der Waals surface area contributed by atoms with Crippen molar-refractivity contribution < 1.29 is 4.42 Å². The largest absolute Gasteiger partial charge is 0.419 e. The van der Waals surface area contributed by atoms with Crippen molar-refractivity contribution in [2.45, 2.75) is 50.9 Å². The van der Waals surface area contributed by atoms with Crippen LogP contribution in [0.5, 0.6) is 0 Å². The fourth-order valence-corrected chi connectivity index (χ4v) is 3.72. The van der Waals surface area contributed by atoms with Gasteiger partial charge in [0.05, 0.1) is 13.2 Å². The van der Waals surface area contributed by atoms with Crippen LogP contribution in [-0.2, 0) is 20.3 Å². The quantitative estimate of drug-likeness (QED) is 0.539. The van der Waals surface area contributed by atoms with Gasteiger partial charge in [0.2, 0.25) is 11.8 Å².